The number of aromatic hydroxyl groups is 1. The molecule has 0 aromatic heterocycles. The van der Waals surface area contributed by atoms with E-state index >= 15 is 0 Å². The minimum atomic E-state index is -0.303. The number of phenols is 1. The Morgan fingerprint density at radius 1 is 1.35 bits per heavy atom. The Kier molecular flexibility index (Phi) is 6.01. The molecule has 120 valence electrons. The van der Waals surface area contributed by atoms with Crippen LogP contribution >= 0.6 is 27.5 Å². The average molecular weight is 397 g/mol. The Morgan fingerprint density at radius 2 is 2.04 bits per heavy atom. The molecule has 1 amide bonds. The van der Waals surface area contributed by atoms with E-state index in [1.54, 1.807) is 12.1 Å². The molecule has 0 bridgehead atoms. The maximum Gasteiger partial charge on any atom is 0.259 e. The standard InChI is InChI=1S/C16H15BrClN3O2/c1-10-2-4-13(5-3-10)19-9-15(22)21-20-8-11-6-12(18)7-14(17)16(11)23/h2-8,19,23H,9H2,1H3,(H,21,22)/b20-8-. The first-order valence-electron chi connectivity index (χ1n) is 6.76. The highest BCUT2D eigenvalue weighted by Crippen LogP contribution is 2.30. The molecule has 5 nitrogen and oxygen atoms in total. The van der Waals surface area contributed by atoms with Crippen molar-refractivity contribution >= 4 is 45.3 Å². The summed E-state index contributed by atoms with van der Waals surface area (Å²) in [5, 5.41) is 17.1. The highest BCUT2D eigenvalue weighted by atomic mass is 79.9. The number of benzene rings is 2. The number of phenolic OH excluding ortho intramolecular Hbond substituents is 1. The fourth-order valence-electron chi connectivity index (χ4n) is 1.75. The van der Waals surface area contributed by atoms with Crippen LogP contribution in [-0.2, 0) is 4.79 Å². The lowest BCUT2D eigenvalue weighted by atomic mass is 10.2. The number of hydrogen-bond acceptors (Lipinski definition) is 4. The summed E-state index contributed by atoms with van der Waals surface area (Å²) in [7, 11) is 0. The number of anilines is 1. The maximum absolute atomic E-state index is 11.7. The number of amides is 1. The molecule has 0 unspecified atom stereocenters. The molecule has 7 heteroatoms. The molecule has 0 aliphatic heterocycles. The highest BCUT2D eigenvalue weighted by molar-refractivity contribution is 9.10. The van der Waals surface area contributed by atoms with E-state index in [4.69, 9.17) is 11.6 Å². The number of aryl methyl sites for hydroxylation is 1. The van der Waals surface area contributed by atoms with Crippen LogP contribution in [0.5, 0.6) is 5.75 Å². The van der Waals surface area contributed by atoms with E-state index in [-0.39, 0.29) is 18.2 Å². The third kappa shape index (κ3) is 5.26. The van der Waals surface area contributed by atoms with Gasteiger partial charge in [0.15, 0.2) is 0 Å². The van der Waals surface area contributed by atoms with Crippen molar-refractivity contribution in [2.24, 2.45) is 5.10 Å². The SMILES string of the molecule is Cc1ccc(NCC(=O)N/N=C\c2cc(Cl)cc(Br)c2O)cc1. The van der Waals surface area contributed by atoms with Gasteiger partial charge in [0.05, 0.1) is 17.2 Å². The van der Waals surface area contributed by atoms with Gasteiger partial charge < -0.3 is 10.4 Å². The van der Waals surface area contributed by atoms with Gasteiger partial charge in [0, 0.05) is 16.3 Å². The monoisotopic (exact) mass is 395 g/mol. The van der Waals surface area contributed by atoms with E-state index < -0.39 is 0 Å². The number of rotatable bonds is 5. The zero-order valence-electron chi connectivity index (χ0n) is 12.3. The lowest BCUT2D eigenvalue weighted by Gasteiger charge is -2.06. The first-order valence-corrected chi connectivity index (χ1v) is 7.93. The summed E-state index contributed by atoms with van der Waals surface area (Å²) in [6.07, 6.45) is 1.33. The van der Waals surface area contributed by atoms with Crippen LogP contribution < -0.4 is 10.7 Å². The second-order valence-corrected chi connectivity index (χ2v) is 6.13. The van der Waals surface area contributed by atoms with Gasteiger partial charge in [0.1, 0.15) is 5.75 Å². The summed E-state index contributed by atoms with van der Waals surface area (Å²) >= 11 is 9.07. The van der Waals surface area contributed by atoms with Crippen LogP contribution in [0.3, 0.4) is 0 Å². The smallest absolute Gasteiger partial charge is 0.259 e. The van der Waals surface area contributed by atoms with E-state index in [1.807, 2.05) is 31.2 Å². The number of hydrazone groups is 1. The van der Waals surface area contributed by atoms with Crippen molar-refractivity contribution < 1.29 is 9.90 Å². The van der Waals surface area contributed by atoms with Gasteiger partial charge >= 0.3 is 0 Å². The molecule has 0 heterocycles. The van der Waals surface area contributed by atoms with Crippen molar-refractivity contribution in [3.8, 4) is 5.75 Å². The summed E-state index contributed by atoms with van der Waals surface area (Å²) in [5.74, 6) is -0.299. The Balaban J connectivity index is 1.88. The van der Waals surface area contributed by atoms with Crippen molar-refractivity contribution in [2.75, 3.05) is 11.9 Å². The molecule has 0 atom stereocenters. The van der Waals surface area contributed by atoms with Gasteiger partial charge in [-0.15, -0.1) is 0 Å². The second-order valence-electron chi connectivity index (χ2n) is 4.84. The quantitative estimate of drug-likeness (QED) is 0.533. The molecule has 0 radical (unpaired) electrons. The molecule has 2 aromatic carbocycles. The van der Waals surface area contributed by atoms with Gasteiger partial charge in [0.2, 0.25) is 0 Å². The summed E-state index contributed by atoms with van der Waals surface area (Å²) in [5.41, 5.74) is 4.78. The van der Waals surface area contributed by atoms with Crippen molar-refractivity contribution in [3.63, 3.8) is 0 Å². The third-order valence-corrected chi connectivity index (χ3v) is 3.78. The zero-order chi connectivity index (χ0) is 16.8. The first-order chi connectivity index (χ1) is 11.0. The average Bonchev–Trinajstić information content (AvgIpc) is 2.51. The maximum atomic E-state index is 11.7. The topological polar surface area (TPSA) is 73.7 Å². The predicted octanol–water partition coefficient (Wildman–Crippen LogP) is 3.68. The number of carbonyl (C=O) groups is 1. The van der Waals surface area contributed by atoms with Gasteiger partial charge in [-0.25, -0.2) is 5.43 Å². The van der Waals surface area contributed by atoms with Crippen molar-refractivity contribution in [3.05, 3.63) is 57.0 Å². The van der Waals surface area contributed by atoms with E-state index in [1.165, 1.54) is 6.21 Å². The zero-order valence-corrected chi connectivity index (χ0v) is 14.6. The fourth-order valence-corrected chi connectivity index (χ4v) is 2.59. The predicted molar refractivity (Wildman–Crippen MR) is 96.2 cm³/mol. The molecule has 2 rings (SSSR count). The Labute approximate surface area is 147 Å². The lowest BCUT2D eigenvalue weighted by molar-refractivity contribution is -0.119. The molecule has 0 fully saturated rings. The van der Waals surface area contributed by atoms with Crippen LogP contribution in [-0.4, -0.2) is 23.8 Å². The van der Waals surface area contributed by atoms with Gasteiger partial charge in [-0.2, -0.15) is 5.10 Å². The molecule has 3 N–H and O–H groups in total. The van der Waals surface area contributed by atoms with Crippen LogP contribution in [0.4, 0.5) is 5.69 Å². The summed E-state index contributed by atoms with van der Waals surface area (Å²) in [6.45, 7) is 2.08. The number of nitrogens with zero attached hydrogens (tertiary/aromatic N) is 1. The van der Waals surface area contributed by atoms with Crippen molar-refractivity contribution in [1.82, 2.24) is 5.43 Å². The van der Waals surface area contributed by atoms with Crippen LogP contribution in [0.2, 0.25) is 5.02 Å². The summed E-state index contributed by atoms with van der Waals surface area (Å²) in [6, 6.07) is 10.8. The van der Waals surface area contributed by atoms with Crippen LogP contribution in [0.25, 0.3) is 0 Å². The molecule has 0 aliphatic carbocycles. The van der Waals surface area contributed by atoms with Gasteiger partial charge in [0.25, 0.3) is 5.91 Å². The van der Waals surface area contributed by atoms with E-state index in [2.05, 4.69) is 31.8 Å². The molecular formula is C16H15BrClN3O2. The first kappa shape index (κ1) is 17.3. The Morgan fingerprint density at radius 3 is 2.74 bits per heavy atom. The van der Waals surface area contributed by atoms with Gasteiger partial charge in [-0.05, 0) is 47.1 Å². The Hall–Kier alpha value is -2.05. The number of halogens is 2. The van der Waals surface area contributed by atoms with Gasteiger partial charge in [-0.3, -0.25) is 4.79 Å². The molecular weight excluding hydrogens is 382 g/mol. The molecule has 0 aliphatic rings. The largest absolute Gasteiger partial charge is 0.506 e. The second kappa shape index (κ2) is 7.99. The van der Waals surface area contributed by atoms with Crippen molar-refractivity contribution in [1.29, 1.82) is 0 Å². The molecule has 23 heavy (non-hydrogen) atoms. The number of carbonyl (C=O) groups excluding carboxylic acids is 1. The molecule has 0 saturated heterocycles. The Bertz CT molecular complexity index is 733. The minimum Gasteiger partial charge on any atom is -0.506 e. The molecule has 0 spiro atoms. The van der Waals surface area contributed by atoms with E-state index in [0.717, 1.165) is 11.3 Å². The summed E-state index contributed by atoms with van der Waals surface area (Å²) < 4.78 is 0.457. The fraction of sp³-hybridized carbons (Fsp3) is 0.125. The van der Waals surface area contributed by atoms with Crippen LogP contribution in [0, 0.1) is 6.92 Å². The van der Waals surface area contributed by atoms with Crippen molar-refractivity contribution in [2.45, 2.75) is 6.92 Å². The van der Waals surface area contributed by atoms with Gasteiger partial charge in [-0.1, -0.05) is 29.3 Å². The van der Waals surface area contributed by atoms with Crippen LogP contribution in [0.15, 0.2) is 46.0 Å². The number of hydrogen-bond donors (Lipinski definition) is 3. The molecule has 2 aromatic rings. The third-order valence-electron chi connectivity index (χ3n) is 2.96. The minimum absolute atomic E-state index is 0.00480. The highest BCUT2D eigenvalue weighted by Gasteiger charge is 2.06. The van der Waals surface area contributed by atoms with Crippen LogP contribution in [0.1, 0.15) is 11.1 Å². The number of nitrogens with one attached hydrogen (secondary N) is 2. The summed E-state index contributed by atoms with van der Waals surface area (Å²) in [4.78, 5) is 11.7. The lowest BCUT2D eigenvalue weighted by Crippen LogP contribution is -2.25. The van der Waals surface area contributed by atoms with E-state index in [0.29, 0.717) is 15.1 Å². The molecule has 0 saturated carbocycles. The van der Waals surface area contributed by atoms with E-state index in [9.17, 15) is 9.90 Å². The normalized spacial score (nSPS) is 10.7.